The number of esters is 1. The van der Waals surface area contributed by atoms with Gasteiger partial charge in [-0.3, -0.25) is 4.79 Å². The summed E-state index contributed by atoms with van der Waals surface area (Å²) in [4.78, 5) is 22.0. The van der Waals surface area contributed by atoms with Crippen molar-refractivity contribution in [3.05, 3.63) is 35.6 Å². The molecule has 0 saturated heterocycles. The Morgan fingerprint density at radius 1 is 1.35 bits per heavy atom. The number of amides is 1. The molecule has 5 heteroatoms. The molecule has 1 unspecified atom stereocenters. The molecule has 0 aromatic heterocycles. The first-order valence-electron chi connectivity index (χ1n) is 5.16. The molecule has 1 atom stereocenters. The third kappa shape index (κ3) is 4.22. The van der Waals surface area contributed by atoms with Gasteiger partial charge in [0.2, 0.25) is 0 Å². The second-order valence-corrected chi connectivity index (χ2v) is 3.70. The lowest BCUT2D eigenvalue weighted by atomic mass is 10.1. The summed E-state index contributed by atoms with van der Waals surface area (Å²) in [5.74, 6) is -2.00. The van der Waals surface area contributed by atoms with Crippen LogP contribution in [0.2, 0.25) is 0 Å². The van der Waals surface area contributed by atoms with E-state index in [1.54, 1.807) is 19.1 Å². The average molecular weight is 239 g/mol. The SMILES string of the molecule is COC(=O)C(=O)NC(C)Cc1ccc(F)cc1. The van der Waals surface area contributed by atoms with Gasteiger partial charge in [-0.15, -0.1) is 0 Å². The predicted octanol–water partition coefficient (Wildman–Crippen LogP) is 1.05. The van der Waals surface area contributed by atoms with Gasteiger partial charge in [-0.05, 0) is 31.0 Å². The summed E-state index contributed by atoms with van der Waals surface area (Å²) in [6.07, 6.45) is 0.517. The van der Waals surface area contributed by atoms with Gasteiger partial charge in [0.1, 0.15) is 5.82 Å². The van der Waals surface area contributed by atoms with Crippen LogP contribution in [0.4, 0.5) is 4.39 Å². The van der Waals surface area contributed by atoms with E-state index in [9.17, 15) is 14.0 Å². The molecule has 0 radical (unpaired) electrons. The van der Waals surface area contributed by atoms with Crippen LogP contribution in [0.1, 0.15) is 12.5 Å². The molecule has 92 valence electrons. The molecule has 1 rings (SSSR count). The fraction of sp³-hybridized carbons (Fsp3) is 0.333. The molecule has 1 amide bonds. The standard InChI is InChI=1S/C12H14FNO3/c1-8(14-11(15)12(16)17-2)7-9-3-5-10(13)6-4-9/h3-6,8H,7H2,1-2H3,(H,14,15). The first-order valence-corrected chi connectivity index (χ1v) is 5.16. The van der Waals surface area contributed by atoms with Crippen LogP contribution in [0.3, 0.4) is 0 Å². The molecular weight excluding hydrogens is 225 g/mol. The van der Waals surface area contributed by atoms with E-state index in [2.05, 4.69) is 10.1 Å². The number of halogens is 1. The van der Waals surface area contributed by atoms with E-state index in [4.69, 9.17) is 0 Å². The number of hydrogen-bond acceptors (Lipinski definition) is 3. The van der Waals surface area contributed by atoms with Crippen molar-refractivity contribution in [1.29, 1.82) is 0 Å². The first-order chi connectivity index (χ1) is 8.02. The van der Waals surface area contributed by atoms with Crippen LogP contribution in [0.25, 0.3) is 0 Å². The zero-order valence-electron chi connectivity index (χ0n) is 9.70. The van der Waals surface area contributed by atoms with Gasteiger partial charge in [0.15, 0.2) is 0 Å². The molecule has 0 aliphatic rings. The van der Waals surface area contributed by atoms with Gasteiger partial charge in [0.25, 0.3) is 0 Å². The Balaban J connectivity index is 2.49. The average Bonchev–Trinajstić information content (AvgIpc) is 2.30. The quantitative estimate of drug-likeness (QED) is 0.633. The van der Waals surface area contributed by atoms with Crippen molar-refractivity contribution in [2.75, 3.05) is 7.11 Å². The zero-order valence-corrected chi connectivity index (χ0v) is 9.70. The van der Waals surface area contributed by atoms with Crippen molar-refractivity contribution < 1.29 is 18.7 Å². The maximum absolute atomic E-state index is 12.7. The van der Waals surface area contributed by atoms with Gasteiger partial charge < -0.3 is 10.1 Å². The smallest absolute Gasteiger partial charge is 0.396 e. The van der Waals surface area contributed by atoms with Crippen LogP contribution >= 0.6 is 0 Å². The molecule has 0 aliphatic carbocycles. The van der Waals surface area contributed by atoms with Crippen LogP contribution < -0.4 is 5.32 Å². The van der Waals surface area contributed by atoms with Crippen molar-refractivity contribution >= 4 is 11.9 Å². The Kier molecular flexibility index (Phi) is 4.63. The Labute approximate surface area is 98.8 Å². The summed E-state index contributed by atoms with van der Waals surface area (Å²) < 4.78 is 16.9. The highest BCUT2D eigenvalue weighted by atomic mass is 19.1. The Morgan fingerprint density at radius 2 is 1.94 bits per heavy atom. The molecule has 0 heterocycles. The summed E-state index contributed by atoms with van der Waals surface area (Å²) in [5.41, 5.74) is 0.879. The van der Waals surface area contributed by atoms with Crippen LogP contribution in [0.5, 0.6) is 0 Å². The van der Waals surface area contributed by atoms with Crippen LogP contribution in [-0.4, -0.2) is 25.0 Å². The Morgan fingerprint density at radius 3 is 2.47 bits per heavy atom. The lowest BCUT2D eigenvalue weighted by Crippen LogP contribution is -2.39. The van der Waals surface area contributed by atoms with Crippen molar-refractivity contribution in [2.45, 2.75) is 19.4 Å². The topological polar surface area (TPSA) is 55.4 Å². The second-order valence-electron chi connectivity index (χ2n) is 3.70. The second kappa shape index (κ2) is 5.98. The van der Waals surface area contributed by atoms with E-state index in [0.29, 0.717) is 6.42 Å². The predicted molar refractivity (Wildman–Crippen MR) is 59.7 cm³/mol. The summed E-state index contributed by atoms with van der Waals surface area (Å²) in [5, 5.41) is 2.49. The van der Waals surface area contributed by atoms with Crippen LogP contribution in [0, 0.1) is 5.82 Å². The van der Waals surface area contributed by atoms with Gasteiger partial charge in [-0.25, -0.2) is 9.18 Å². The van der Waals surface area contributed by atoms with Crippen molar-refractivity contribution in [2.24, 2.45) is 0 Å². The third-order valence-corrected chi connectivity index (χ3v) is 2.20. The molecule has 1 aromatic rings. The molecule has 1 N–H and O–H groups in total. The minimum absolute atomic E-state index is 0.230. The molecule has 0 saturated carbocycles. The lowest BCUT2D eigenvalue weighted by Gasteiger charge is -2.12. The molecule has 0 aliphatic heterocycles. The fourth-order valence-electron chi connectivity index (χ4n) is 1.40. The number of carbonyl (C=O) groups excluding carboxylic acids is 2. The normalized spacial score (nSPS) is 11.7. The number of benzene rings is 1. The molecule has 0 bridgehead atoms. The maximum Gasteiger partial charge on any atom is 0.396 e. The largest absolute Gasteiger partial charge is 0.462 e. The van der Waals surface area contributed by atoms with E-state index in [1.165, 1.54) is 12.1 Å². The minimum atomic E-state index is -0.920. The van der Waals surface area contributed by atoms with Gasteiger partial charge >= 0.3 is 11.9 Å². The van der Waals surface area contributed by atoms with Gasteiger partial charge in [0, 0.05) is 6.04 Å². The van der Waals surface area contributed by atoms with Crippen LogP contribution in [0.15, 0.2) is 24.3 Å². The van der Waals surface area contributed by atoms with E-state index in [1.807, 2.05) is 0 Å². The molecule has 1 aromatic carbocycles. The lowest BCUT2D eigenvalue weighted by molar-refractivity contribution is -0.153. The molecule has 4 nitrogen and oxygen atoms in total. The number of nitrogens with one attached hydrogen (secondary N) is 1. The molecule has 0 spiro atoms. The number of rotatable bonds is 3. The molecular formula is C12H14FNO3. The number of carbonyl (C=O) groups is 2. The summed E-state index contributed by atoms with van der Waals surface area (Å²) in [6, 6.07) is 5.74. The minimum Gasteiger partial charge on any atom is -0.462 e. The first kappa shape index (κ1) is 13.2. The summed E-state index contributed by atoms with van der Waals surface area (Å²) in [6.45, 7) is 1.75. The maximum atomic E-state index is 12.7. The molecule has 17 heavy (non-hydrogen) atoms. The van der Waals surface area contributed by atoms with Crippen molar-refractivity contribution in [3.8, 4) is 0 Å². The van der Waals surface area contributed by atoms with Crippen LogP contribution in [-0.2, 0) is 20.7 Å². The zero-order chi connectivity index (χ0) is 12.8. The summed E-state index contributed by atoms with van der Waals surface area (Å²) in [7, 11) is 1.15. The number of ether oxygens (including phenoxy) is 1. The Bertz CT molecular complexity index is 403. The number of methoxy groups -OCH3 is 1. The molecule has 0 fully saturated rings. The van der Waals surface area contributed by atoms with E-state index < -0.39 is 11.9 Å². The third-order valence-electron chi connectivity index (χ3n) is 2.20. The highest BCUT2D eigenvalue weighted by molar-refractivity contribution is 6.32. The monoisotopic (exact) mass is 239 g/mol. The summed E-state index contributed by atoms with van der Waals surface area (Å²) >= 11 is 0. The van der Waals surface area contributed by atoms with Gasteiger partial charge in [-0.1, -0.05) is 12.1 Å². The van der Waals surface area contributed by atoms with E-state index >= 15 is 0 Å². The van der Waals surface area contributed by atoms with E-state index in [-0.39, 0.29) is 11.9 Å². The highest BCUT2D eigenvalue weighted by Crippen LogP contribution is 2.05. The highest BCUT2D eigenvalue weighted by Gasteiger charge is 2.16. The van der Waals surface area contributed by atoms with Crippen molar-refractivity contribution in [3.63, 3.8) is 0 Å². The number of hydrogen-bond donors (Lipinski definition) is 1. The van der Waals surface area contributed by atoms with E-state index in [0.717, 1.165) is 12.7 Å². The Hall–Kier alpha value is -1.91. The van der Waals surface area contributed by atoms with Gasteiger partial charge in [0.05, 0.1) is 7.11 Å². The van der Waals surface area contributed by atoms with Crippen molar-refractivity contribution in [1.82, 2.24) is 5.32 Å². The van der Waals surface area contributed by atoms with Gasteiger partial charge in [-0.2, -0.15) is 0 Å². The fourth-order valence-corrected chi connectivity index (χ4v) is 1.40.